The van der Waals surface area contributed by atoms with E-state index in [9.17, 15) is 0 Å². The third-order valence-corrected chi connectivity index (χ3v) is 5.02. The molecule has 0 aliphatic carbocycles. The SMILES string of the molecule is COc1ccc(CSc2nnc(N/N=C(\C)c3cccc(OC)c3)n2N)cc1. The Hall–Kier alpha value is -3.20. The van der Waals surface area contributed by atoms with E-state index in [4.69, 9.17) is 15.3 Å². The Bertz CT molecular complexity index is 955. The summed E-state index contributed by atoms with van der Waals surface area (Å²) in [5, 5.41) is 13.1. The lowest BCUT2D eigenvalue weighted by atomic mass is 10.1. The standard InChI is InChI=1S/C19H22N6O2S/c1-13(15-5-4-6-17(11-15)27-3)21-22-18-23-24-19(25(18)20)28-12-14-7-9-16(26-2)10-8-14/h4-11H,12,20H2,1-3H3,(H,22,23)/b21-13+. The zero-order chi connectivity index (χ0) is 19.9. The Balaban J connectivity index is 1.63. The van der Waals surface area contributed by atoms with Gasteiger partial charge in [-0.1, -0.05) is 36.0 Å². The zero-order valence-electron chi connectivity index (χ0n) is 15.9. The highest BCUT2D eigenvalue weighted by Gasteiger charge is 2.10. The monoisotopic (exact) mass is 398 g/mol. The molecule has 0 unspecified atom stereocenters. The molecule has 28 heavy (non-hydrogen) atoms. The van der Waals surface area contributed by atoms with Crippen LogP contribution in [0.1, 0.15) is 18.1 Å². The number of anilines is 1. The number of nitrogens with one attached hydrogen (secondary N) is 1. The van der Waals surface area contributed by atoms with Crippen LogP contribution in [-0.2, 0) is 5.75 Å². The molecule has 0 bridgehead atoms. The maximum Gasteiger partial charge on any atom is 0.264 e. The van der Waals surface area contributed by atoms with Gasteiger partial charge in [0.1, 0.15) is 11.5 Å². The van der Waals surface area contributed by atoms with Gasteiger partial charge in [-0.25, -0.2) is 10.1 Å². The minimum absolute atomic E-state index is 0.361. The Morgan fingerprint density at radius 2 is 1.86 bits per heavy atom. The van der Waals surface area contributed by atoms with Gasteiger partial charge in [0.15, 0.2) is 0 Å². The normalized spacial score (nSPS) is 11.3. The van der Waals surface area contributed by atoms with Crippen LogP contribution in [0.25, 0.3) is 0 Å². The Morgan fingerprint density at radius 3 is 2.57 bits per heavy atom. The second-order valence-electron chi connectivity index (χ2n) is 5.85. The highest BCUT2D eigenvalue weighted by molar-refractivity contribution is 7.98. The molecule has 9 heteroatoms. The lowest BCUT2D eigenvalue weighted by Crippen LogP contribution is -2.13. The smallest absolute Gasteiger partial charge is 0.264 e. The van der Waals surface area contributed by atoms with Gasteiger partial charge in [0.25, 0.3) is 5.95 Å². The summed E-state index contributed by atoms with van der Waals surface area (Å²) in [7, 11) is 3.28. The number of methoxy groups -OCH3 is 2. The first kappa shape index (κ1) is 19.6. The van der Waals surface area contributed by atoms with Crippen LogP contribution in [0.4, 0.5) is 5.95 Å². The first-order chi connectivity index (χ1) is 13.6. The van der Waals surface area contributed by atoms with Gasteiger partial charge in [0.2, 0.25) is 5.16 Å². The number of thioether (sulfide) groups is 1. The second-order valence-corrected chi connectivity index (χ2v) is 6.80. The molecule has 0 aliphatic rings. The summed E-state index contributed by atoms with van der Waals surface area (Å²) >= 11 is 1.49. The summed E-state index contributed by atoms with van der Waals surface area (Å²) in [6, 6.07) is 15.5. The van der Waals surface area contributed by atoms with Crippen molar-refractivity contribution in [3.63, 3.8) is 0 Å². The van der Waals surface area contributed by atoms with Gasteiger partial charge in [-0.3, -0.25) is 0 Å². The molecule has 3 rings (SSSR count). The largest absolute Gasteiger partial charge is 0.497 e. The zero-order valence-corrected chi connectivity index (χ0v) is 16.7. The van der Waals surface area contributed by atoms with Gasteiger partial charge in [-0.15, -0.1) is 10.2 Å². The molecule has 3 N–H and O–H groups in total. The van der Waals surface area contributed by atoms with Crippen LogP contribution in [0.15, 0.2) is 58.8 Å². The molecule has 0 fully saturated rings. The number of nitrogens with zero attached hydrogens (tertiary/aromatic N) is 4. The molecular formula is C19H22N6O2S. The van der Waals surface area contributed by atoms with Gasteiger partial charge >= 0.3 is 0 Å². The van der Waals surface area contributed by atoms with E-state index < -0.39 is 0 Å². The van der Waals surface area contributed by atoms with Crippen LogP contribution in [0.3, 0.4) is 0 Å². The van der Waals surface area contributed by atoms with E-state index in [0.29, 0.717) is 16.9 Å². The molecule has 0 spiro atoms. The van der Waals surface area contributed by atoms with Crippen LogP contribution in [0.2, 0.25) is 0 Å². The highest BCUT2D eigenvalue weighted by atomic mass is 32.2. The molecule has 2 aromatic carbocycles. The summed E-state index contributed by atoms with van der Waals surface area (Å²) in [6.07, 6.45) is 0. The lowest BCUT2D eigenvalue weighted by molar-refractivity contribution is 0.414. The second kappa shape index (κ2) is 9.14. The summed E-state index contributed by atoms with van der Waals surface area (Å²) in [5.41, 5.74) is 5.71. The highest BCUT2D eigenvalue weighted by Crippen LogP contribution is 2.23. The number of hydrogen-bond acceptors (Lipinski definition) is 8. The fourth-order valence-corrected chi connectivity index (χ4v) is 3.18. The number of benzene rings is 2. The van der Waals surface area contributed by atoms with Gasteiger partial charge in [-0.2, -0.15) is 5.10 Å². The average Bonchev–Trinajstić information content (AvgIpc) is 3.10. The van der Waals surface area contributed by atoms with Crippen molar-refractivity contribution in [2.24, 2.45) is 5.10 Å². The maximum atomic E-state index is 6.08. The van der Waals surface area contributed by atoms with Crippen LogP contribution in [0.5, 0.6) is 11.5 Å². The van der Waals surface area contributed by atoms with Gasteiger partial charge in [-0.05, 0) is 36.8 Å². The number of hydrogen-bond donors (Lipinski definition) is 2. The number of rotatable bonds is 8. The molecule has 0 saturated heterocycles. The molecule has 8 nitrogen and oxygen atoms in total. The molecule has 1 aromatic heterocycles. The van der Waals surface area contributed by atoms with Crippen molar-refractivity contribution in [3.8, 4) is 11.5 Å². The number of nitrogens with two attached hydrogens (primary N) is 1. The minimum atomic E-state index is 0.361. The van der Waals surface area contributed by atoms with Crippen molar-refractivity contribution in [1.29, 1.82) is 0 Å². The quantitative estimate of drug-likeness (QED) is 0.260. The topological polar surface area (TPSA) is 99.6 Å². The summed E-state index contributed by atoms with van der Waals surface area (Å²) in [4.78, 5) is 0. The molecule has 1 heterocycles. The Kier molecular flexibility index (Phi) is 6.38. The van der Waals surface area contributed by atoms with Crippen molar-refractivity contribution in [1.82, 2.24) is 14.9 Å². The van der Waals surface area contributed by atoms with Gasteiger partial charge < -0.3 is 15.3 Å². The Labute approximate surface area is 167 Å². The van der Waals surface area contributed by atoms with E-state index in [-0.39, 0.29) is 0 Å². The minimum Gasteiger partial charge on any atom is -0.497 e. The van der Waals surface area contributed by atoms with E-state index in [0.717, 1.165) is 28.3 Å². The van der Waals surface area contributed by atoms with Crippen molar-refractivity contribution in [2.45, 2.75) is 17.8 Å². The molecule has 3 aromatic rings. The third kappa shape index (κ3) is 4.74. The molecule has 0 saturated carbocycles. The van der Waals surface area contributed by atoms with Crippen molar-refractivity contribution < 1.29 is 9.47 Å². The van der Waals surface area contributed by atoms with Crippen molar-refractivity contribution in [2.75, 3.05) is 25.5 Å². The molecular weight excluding hydrogens is 376 g/mol. The van der Waals surface area contributed by atoms with Crippen molar-refractivity contribution >= 4 is 23.4 Å². The first-order valence-electron chi connectivity index (χ1n) is 8.51. The van der Waals surface area contributed by atoms with E-state index >= 15 is 0 Å². The van der Waals surface area contributed by atoms with E-state index in [1.54, 1.807) is 14.2 Å². The van der Waals surface area contributed by atoms with Crippen LogP contribution < -0.4 is 20.7 Å². The van der Waals surface area contributed by atoms with Gasteiger partial charge in [0, 0.05) is 11.3 Å². The number of hydrazone groups is 1. The molecule has 0 aliphatic heterocycles. The lowest BCUT2D eigenvalue weighted by Gasteiger charge is -2.06. The Morgan fingerprint density at radius 1 is 1.11 bits per heavy atom. The predicted octanol–water partition coefficient (Wildman–Crippen LogP) is 3.14. The first-order valence-corrected chi connectivity index (χ1v) is 9.50. The maximum absolute atomic E-state index is 6.08. The number of ether oxygens (including phenoxy) is 2. The fraction of sp³-hybridized carbons (Fsp3) is 0.211. The summed E-state index contributed by atoms with van der Waals surface area (Å²) < 4.78 is 11.8. The van der Waals surface area contributed by atoms with Crippen LogP contribution in [-0.4, -0.2) is 34.8 Å². The van der Waals surface area contributed by atoms with E-state index in [1.165, 1.54) is 16.4 Å². The molecule has 0 atom stereocenters. The molecule has 0 amide bonds. The number of nitrogen functional groups attached to an aromatic ring is 1. The van der Waals surface area contributed by atoms with Crippen LogP contribution >= 0.6 is 11.8 Å². The number of aromatic nitrogens is 3. The molecule has 146 valence electrons. The third-order valence-electron chi connectivity index (χ3n) is 4.00. The summed E-state index contributed by atoms with van der Waals surface area (Å²) in [6.45, 7) is 1.89. The molecule has 0 radical (unpaired) electrons. The predicted molar refractivity (Wildman–Crippen MR) is 112 cm³/mol. The van der Waals surface area contributed by atoms with Gasteiger partial charge in [0.05, 0.1) is 19.9 Å². The fourth-order valence-electron chi connectivity index (χ4n) is 2.37. The van der Waals surface area contributed by atoms with Crippen molar-refractivity contribution in [3.05, 3.63) is 59.7 Å². The van der Waals surface area contributed by atoms with E-state index in [2.05, 4.69) is 20.7 Å². The van der Waals surface area contributed by atoms with E-state index in [1.807, 2.05) is 55.5 Å². The van der Waals surface area contributed by atoms with Crippen LogP contribution in [0, 0.1) is 0 Å². The average molecular weight is 398 g/mol. The summed E-state index contributed by atoms with van der Waals surface area (Å²) in [5.74, 6) is 8.75.